The Hall–Kier alpha value is -1.49. The van der Waals surface area contributed by atoms with Gasteiger partial charge >= 0.3 is 0 Å². The van der Waals surface area contributed by atoms with E-state index < -0.39 is 0 Å². The summed E-state index contributed by atoms with van der Waals surface area (Å²) in [5.74, 6) is 1.69. The molecule has 1 heterocycles. The first kappa shape index (κ1) is 18.8. The fraction of sp³-hybridized carbons (Fsp3) is 0.737. The van der Waals surface area contributed by atoms with Crippen molar-refractivity contribution < 1.29 is 4.74 Å². The smallest absolute Gasteiger partial charge is 0.193 e. The van der Waals surface area contributed by atoms with Crippen molar-refractivity contribution in [1.29, 1.82) is 0 Å². The van der Waals surface area contributed by atoms with Crippen molar-refractivity contribution in [2.75, 3.05) is 27.2 Å². The number of aromatic nitrogens is 1. The van der Waals surface area contributed by atoms with Crippen LogP contribution in [-0.2, 0) is 18.3 Å². The Labute approximate surface area is 147 Å². The lowest BCUT2D eigenvalue weighted by atomic mass is 9.98. The lowest BCUT2D eigenvalue weighted by Gasteiger charge is -2.26. The highest BCUT2D eigenvalue weighted by Gasteiger charge is 2.25. The van der Waals surface area contributed by atoms with E-state index in [1.54, 1.807) is 0 Å². The molecule has 1 saturated carbocycles. The quantitative estimate of drug-likeness (QED) is 0.587. The SMILES string of the molecule is CCOC(CCNC(=NC)N(C)Cc1cccn1C)C1CCCC1. The Morgan fingerprint density at radius 1 is 1.46 bits per heavy atom. The van der Waals surface area contributed by atoms with Crippen LogP contribution in [0, 0.1) is 5.92 Å². The molecule has 0 bridgehead atoms. The first-order chi connectivity index (χ1) is 11.7. The van der Waals surface area contributed by atoms with Crippen molar-refractivity contribution in [3.63, 3.8) is 0 Å². The molecule has 1 aliphatic carbocycles. The third-order valence-corrected chi connectivity index (χ3v) is 5.04. The molecule has 1 unspecified atom stereocenters. The van der Waals surface area contributed by atoms with Crippen LogP contribution in [-0.4, -0.2) is 48.8 Å². The van der Waals surface area contributed by atoms with E-state index in [0.29, 0.717) is 6.10 Å². The van der Waals surface area contributed by atoms with Crippen molar-refractivity contribution in [3.05, 3.63) is 24.0 Å². The molecule has 1 N–H and O–H groups in total. The molecule has 24 heavy (non-hydrogen) atoms. The molecule has 0 aromatic carbocycles. The molecule has 1 atom stereocenters. The summed E-state index contributed by atoms with van der Waals surface area (Å²) >= 11 is 0. The third-order valence-electron chi connectivity index (χ3n) is 5.04. The molecular formula is C19H34N4O. The van der Waals surface area contributed by atoms with Gasteiger partial charge in [-0.25, -0.2) is 0 Å². The Kier molecular flexibility index (Phi) is 7.63. The third kappa shape index (κ3) is 5.26. The summed E-state index contributed by atoms with van der Waals surface area (Å²) in [4.78, 5) is 6.59. The van der Waals surface area contributed by atoms with Gasteiger partial charge in [0.2, 0.25) is 0 Å². The number of nitrogens with one attached hydrogen (secondary N) is 1. The zero-order valence-electron chi connectivity index (χ0n) is 15.8. The number of aliphatic imine (C=N–C) groups is 1. The second kappa shape index (κ2) is 9.72. The van der Waals surface area contributed by atoms with E-state index in [-0.39, 0.29) is 0 Å². The van der Waals surface area contributed by atoms with E-state index in [4.69, 9.17) is 4.74 Å². The minimum absolute atomic E-state index is 0.390. The highest BCUT2D eigenvalue weighted by Crippen LogP contribution is 2.30. The average molecular weight is 335 g/mol. The van der Waals surface area contributed by atoms with Gasteiger partial charge in [0.25, 0.3) is 0 Å². The van der Waals surface area contributed by atoms with Gasteiger partial charge in [0.1, 0.15) is 0 Å². The summed E-state index contributed by atoms with van der Waals surface area (Å²) in [7, 11) is 6.01. The predicted octanol–water partition coefficient (Wildman–Crippen LogP) is 3.02. The highest BCUT2D eigenvalue weighted by molar-refractivity contribution is 5.79. The largest absolute Gasteiger partial charge is 0.378 e. The normalized spacial score (nSPS) is 17.2. The van der Waals surface area contributed by atoms with Crippen LogP contribution in [0.25, 0.3) is 0 Å². The summed E-state index contributed by atoms with van der Waals surface area (Å²) in [6, 6.07) is 4.22. The number of aryl methyl sites for hydroxylation is 1. The lowest BCUT2D eigenvalue weighted by Crippen LogP contribution is -2.40. The topological polar surface area (TPSA) is 41.8 Å². The molecule has 1 aliphatic rings. The van der Waals surface area contributed by atoms with Gasteiger partial charge in [-0.05, 0) is 44.2 Å². The Balaban J connectivity index is 1.80. The molecule has 0 spiro atoms. The van der Waals surface area contributed by atoms with Crippen molar-refractivity contribution in [2.24, 2.45) is 18.0 Å². The average Bonchev–Trinajstić information content (AvgIpc) is 3.23. The Morgan fingerprint density at radius 3 is 2.79 bits per heavy atom. The van der Waals surface area contributed by atoms with Gasteiger partial charge in [0.05, 0.1) is 12.6 Å². The van der Waals surface area contributed by atoms with Crippen LogP contribution in [0.2, 0.25) is 0 Å². The number of hydrogen-bond donors (Lipinski definition) is 1. The molecular weight excluding hydrogens is 300 g/mol. The van der Waals surface area contributed by atoms with Gasteiger partial charge < -0.3 is 19.5 Å². The van der Waals surface area contributed by atoms with E-state index in [0.717, 1.165) is 38.0 Å². The predicted molar refractivity (Wildman–Crippen MR) is 100 cm³/mol. The van der Waals surface area contributed by atoms with E-state index in [9.17, 15) is 0 Å². The molecule has 0 radical (unpaired) electrons. The molecule has 1 aromatic rings. The van der Waals surface area contributed by atoms with Gasteiger partial charge in [-0.15, -0.1) is 0 Å². The summed E-state index contributed by atoms with van der Waals surface area (Å²) < 4.78 is 8.15. The number of nitrogens with zero attached hydrogens (tertiary/aromatic N) is 3. The van der Waals surface area contributed by atoms with Crippen LogP contribution < -0.4 is 5.32 Å². The Morgan fingerprint density at radius 2 is 2.21 bits per heavy atom. The molecule has 5 nitrogen and oxygen atoms in total. The number of rotatable bonds is 8. The summed E-state index contributed by atoms with van der Waals surface area (Å²) in [5.41, 5.74) is 1.28. The fourth-order valence-corrected chi connectivity index (χ4v) is 3.69. The van der Waals surface area contributed by atoms with E-state index >= 15 is 0 Å². The van der Waals surface area contributed by atoms with Crippen molar-refractivity contribution in [2.45, 2.75) is 51.7 Å². The van der Waals surface area contributed by atoms with E-state index in [2.05, 4.69) is 59.1 Å². The second-order valence-corrected chi connectivity index (χ2v) is 6.77. The summed E-state index contributed by atoms with van der Waals surface area (Å²) in [6.45, 7) is 4.66. The first-order valence-electron chi connectivity index (χ1n) is 9.29. The lowest BCUT2D eigenvalue weighted by molar-refractivity contribution is 0.0169. The number of hydrogen-bond acceptors (Lipinski definition) is 2. The van der Waals surface area contributed by atoms with E-state index in [1.165, 1.54) is 31.4 Å². The van der Waals surface area contributed by atoms with Crippen LogP contribution in [0.5, 0.6) is 0 Å². The van der Waals surface area contributed by atoms with Crippen LogP contribution in [0.1, 0.15) is 44.7 Å². The molecule has 5 heteroatoms. The van der Waals surface area contributed by atoms with Crippen LogP contribution in [0.4, 0.5) is 0 Å². The highest BCUT2D eigenvalue weighted by atomic mass is 16.5. The van der Waals surface area contributed by atoms with Crippen LogP contribution >= 0.6 is 0 Å². The number of guanidine groups is 1. The minimum Gasteiger partial charge on any atom is -0.378 e. The van der Waals surface area contributed by atoms with Crippen molar-refractivity contribution in [1.82, 2.24) is 14.8 Å². The first-order valence-corrected chi connectivity index (χ1v) is 9.29. The maximum atomic E-state index is 6.01. The maximum absolute atomic E-state index is 6.01. The van der Waals surface area contributed by atoms with Gasteiger partial charge in [-0.2, -0.15) is 0 Å². The van der Waals surface area contributed by atoms with E-state index in [1.807, 2.05) is 7.05 Å². The monoisotopic (exact) mass is 334 g/mol. The molecule has 0 amide bonds. The summed E-state index contributed by atoms with van der Waals surface area (Å²) in [6.07, 6.45) is 8.90. The molecule has 1 aromatic heterocycles. The minimum atomic E-state index is 0.390. The zero-order valence-corrected chi connectivity index (χ0v) is 15.8. The Bertz CT molecular complexity index is 505. The molecule has 136 valence electrons. The van der Waals surface area contributed by atoms with Gasteiger partial charge in [0, 0.05) is 46.2 Å². The van der Waals surface area contributed by atoms with Gasteiger partial charge in [0.15, 0.2) is 5.96 Å². The van der Waals surface area contributed by atoms with Crippen LogP contribution in [0.15, 0.2) is 23.3 Å². The molecule has 1 fully saturated rings. The second-order valence-electron chi connectivity index (χ2n) is 6.77. The van der Waals surface area contributed by atoms with Crippen molar-refractivity contribution >= 4 is 5.96 Å². The van der Waals surface area contributed by atoms with Gasteiger partial charge in [-0.3, -0.25) is 4.99 Å². The molecule has 2 rings (SSSR count). The molecule has 0 aliphatic heterocycles. The van der Waals surface area contributed by atoms with Crippen LogP contribution in [0.3, 0.4) is 0 Å². The zero-order chi connectivity index (χ0) is 17.4. The van der Waals surface area contributed by atoms with Crippen molar-refractivity contribution in [3.8, 4) is 0 Å². The maximum Gasteiger partial charge on any atom is 0.193 e. The standard InChI is InChI=1S/C19H34N4O/c1-5-24-18(16-9-6-7-10-16)12-13-21-19(20-2)23(4)15-17-11-8-14-22(17)3/h8,11,14,16,18H,5-7,9-10,12-13,15H2,1-4H3,(H,20,21). The summed E-state index contributed by atoms with van der Waals surface area (Å²) in [5, 5.41) is 3.50. The molecule has 0 saturated heterocycles. The number of ether oxygens (including phenoxy) is 1. The van der Waals surface area contributed by atoms with Gasteiger partial charge in [-0.1, -0.05) is 12.8 Å². The fourth-order valence-electron chi connectivity index (χ4n) is 3.69.